The van der Waals surface area contributed by atoms with Gasteiger partial charge >= 0.3 is 5.97 Å². The highest BCUT2D eigenvalue weighted by molar-refractivity contribution is 5.89. The van der Waals surface area contributed by atoms with Crippen molar-refractivity contribution in [1.29, 1.82) is 0 Å². The van der Waals surface area contributed by atoms with E-state index in [0.29, 0.717) is 18.1 Å². The Balaban J connectivity index is 1.46. The predicted molar refractivity (Wildman–Crippen MR) is 112 cm³/mol. The summed E-state index contributed by atoms with van der Waals surface area (Å²) in [6.45, 7) is 4.99. The molecule has 0 unspecified atom stereocenters. The van der Waals surface area contributed by atoms with E-state index < -0.39 is 0 Å². The maximum Gasteiger partial charge on any atom is 0.338 e. The molecule has 0 spiro atoms. The fraction of sp³-hybridized carbons (Fsp3) is 0.720. The van der Waals surface area contributed by atoms with Gasteiger partial charge in [-0.15, -0.1) is 0 Å². The van der Waals surface area contributed by atoms with Gasteiger partial charge in [-0.25, -0.2) is 4.79 Å². The van der Waals surface area contributed by atoms with Gasteiger partial charge in [-0.1, -0.05) is 51.7 Å². The van der Waals surface area contributed by atoms with E-state index in [-0.39, 0.29) is 5.97 Å². The first kappa shape index (κ1) is 20.4. The first-order valence-corrected chi connectivity index (χ1v) is 11.5. The maximum atomic E-state index is 12.0. The average molecular weight is 371 g/mol. The predicted octanol–water partition coefficient (Wildman–Crippen LogP) is 7.13. The molecule has 0 radical (unpaired) electrons. The first-order chi connectivity index (χ1) is 13.2. The van der Waals surface area contributed by atoms with Crippen molar-refractivity contribution in [3.63, 3.8) is 0 Å². The minimum atomic E-state index is -0.179. The second-order valence-corrected chi connectivity index (χ2v) is 8.91. The van der Waals surface area contributed by atoms with Crippen LogP contribution in [-0.2, 0) is 4.74 Å². The minimum Gasteiger partial charge on any atom is -0.462 e. The van der Waals surface area contributed by atoms with Crippen LogP contribution in [0.3, 0.4) is 0 Å². The SMILES string of the molecule is CCCCOC(=O)c1ccc(C2CCC(C3CCC(CC)CC3)CC2)cc1. The molecule has 1 aromatic carbocycles. The smallest absolute Gasteiger partial charge is 0.338 e. The number of rotatable bonds is 7. The number of ether oxygens (including phenoxy) is 1. The van der Waals surface area contributed by atoms with E-state index >= 15 is 0 Å². The van der Waals surface area contributed by atoms with Crippen LogP contribution in [0.25, 0.3) is 0 Å². The molecule has 0 aromatic heterocycles. The molecule has 2 nitrogen and oxygen atoms in total. The number of carbonyl (C=O) groups is 1. The number of hydrogen-bond acceptors (Lipinski definition) is 2. The Labute approximate surface area is 166 Å². The monoisotopic (exact) mass is 370 g/mol. The molecule has 2 saturated carbocycles. The fourth-order valence-electron chi connectivity index (χ4n) is 5.28. The van der Waals surface area contributed by atoms with Crippen LogP contribution in [0.15, 0.2) is 24.3 Å². The lowest BCUT2D eigenvalue weighted by Crippen LogP contribution is -2.25. The normalized spacial score (nSPS) is 28.7. The van der Waals surface area contributed by atoms with Crippen LogP contribution in [0.4, 0.5) is 0 Å². The summed E-state index contributed by atoms with van der Waals surface area (Å²) in [5.41, 5.74) is 2.10. The molecule has 150 valence electrons. The molecule has 2 aliphatic rings. The lowest BCUT2D eigenvalue weighted by Gasteiger charge is -2.38. The van der Waals surface area contributed by atoms with Gasteiger partial charge in [0.05, 0.1) is 12.2 Å². The summed E-state index contributed by atoms with van der Waals surface area (Å²) in [6.07, 6.45) is 14.7. The number of benzene rings is 1. The van der Waals surface area contributed by atoms with Gasteiger partial charge in [0.25, 0.3) is 0 Å². The summed E-state index contributed by atoms with van der Waals surface area (Å²) in [7, 11) is 0. The molecule has 0 heterocycles. The van der Waals surface area contributed by atoms with Crippen molar-refractivity contribution in [3.8, 4) is 0 Å². The largest absolute Gasteiger partial charge is 0.462 e. The molecule has 0 atom stereocenters. The minimum absolute atomic E-state index is 0.179. The van der Waals surface area contributed by atoms with Gasteiger partial charge in [-0.05, 0) is 86.3 Å². The van der Waals surface area contributed by atoms with E-state index in [2.05, 4.69) is 26.0 Å². The number of carbonyl (C=O) groups excluding carboxylic acids is 1. The molecule has 0 aliphatic heterocycles. The third-order valence-electron chi connectivity index (χ3n) is 7.26. The first-order valence-electron chi connectivity index (χ1n) is 11.5. The van der Waals surface area contributed by atoms with E-state index in [9.17, 15) is 4.79 Å². The molecule has 0 N–H and O–H groups in total. The van der Waals surface area contributed by atoms with Gasteiger partial charge in [0, 0.05) is 0 Å². The van der Waals surface area contributed by atoms with Crippen LogP contribution in [0.5, 0.6) is 0 Å². The van der Waals surface area contributed by atoms with Gasteiger partial charge in [0.1, 0.15) is 0 Å². The molecule has 2 aliphatic carbocycles. The summed E-state index contributed by atoms with van der Waals surface area (Å²) in [6, 6.07) is 8.24. The van der Waals surface area contributed by atoms with Crippen molar-refractivity contribution in [2.45, 2.75) is 90.4 Å². The molecule has 3 rings (SSSR count). The molecular formula is C25H38O2. The third-order valence-corrected chi connectivity index (χ3v) is 7.26. The van der Waals surface area contributed by atoms with E-state index in [0.717, 1.165) is 30.6 Å². The highest BCUT2D eigenvalue weighted by atomic mass is 16.5. The van der Waals surface area contributed by atoms with Crippen molar-refractivity contribution in [2.75, 3.05) is 6.61 Å². The number of esters is 1. The highest BCUT2D eigenvalue weighted by Gasteiger charge is 2.30. The van der Waals surface area contributed by atoms with E-state index in [1.54, 1.807) is 0 Å². The fourth-order valence-corrected chi connectivity index (χ4v) is 5.28. The number of hydrogen-bond donors (Lipinski definition) is 0. The molecule has 1 aromatic rings. The van der Waals surface area contributed by atoms with Crippen LogP contribution in [0.2, 0.25) is 0 Å². The zero-order valence-electron chi connectivity index (χ0n) is 17.4. The maximum absolute atomic E-state index is 12.0. The summed E-state index contributed by atoms with van der Waals surface area (Å²) >= 11 is 0. The Hall–Kier alpha value is -1.31. The Morgan fingerprint density at radius 3 is 2.04 bits per heavy atom. The van der Waals surface area contributed by atoms with Crippen molar-refractivity contribution in [2.24, 2.45) is 17.8 Å². The van der Waals surface area contributed by atoms with Crippen LogP contribution < -0.4 is 0 Å². The molecule has 0 bridgehead atoms. The molecular weight excluding hydrogens is 332 g/mol. The molecule has 27 heavy (non-hydrogen) atoms. The van der Waals surface area contributed by atoms with Crippen molar-refractivity contribution < 1.29 is 9.53 Å². The second-order valence-electron chi connectivity index (χ2n) is 8.91. The quantitative estimate of drug-likeness (QED) is 0.377. The Kier molecular flexibility index (Phi) is 7.79. The zero-order chi connectivity index (χ0) is 19.1. The van der Waals surface area contributed by atoms with Gasteiger partial charge in [0.2, 0.25) is 0 Å². The second kappa shape index (κ2) is 10.3. The average Bonchev–Trinajstić information content (AvgIpc) is 2.74. The Bertz CT molecular complexity index is 560. The van der Waals surface area contributed by atoms with Crippen LogP contribution in [0.1, 0.15) is 106 Å². The summed E-state index contributed by atoms with van der Waals surface area (Å²) in [4.78, 5) is 12.0. The van der Waals surface area contributed by atoms with Gasteiger partial charge in [0.15, 0.2) is 0 Å². The molecule has 2 heteroatoms. The molecule has 0 saturated heterocycles. The van der Waals surface area contributed by atoms with E-state index in [1.165, 1.54) is 63.4 Å². The highest BCUT2D eigenvalue weighted by Crippen LogP contribution is 2.44. The number of unbranched alkanes of at least 4 members (excludes halogenated alkanes) is 1. The Morgan fingerprint density at radius 1 is 0.889 bits per heavy atom. The van der Waals surface area contributed by atoms with Gasteiger partial charge in [-0.2, -0.15) is 0 Å². The lowest BCUT2D eigenvalue weighted by atomic mass is 9.68. The van der Waals surface area contributed by atoms with Gasteiger partial charge in [-0.3, -0.25) is 0 Å². The van der Waals surface area contributed by atoms with Gasteiger partial charge < -0.3 is 4.74 Å². The topological polar surface area (TPSA) is 26.3 Å². The van der Waals surface area contributed by atoms with Crippen molar-refractivity contribution in [3.05, 3.63) is 35.4 Å². The van der Waals surface area contributed by atoms with E-state index in [1.807, 2.05) is 12.1 Å². The van der Waals surface area contributed by atoms with Crippen molar-refractivity contribution >= 4 is 5.97 Å². The third kappa shape index (κ3) is 5.59. The summed E-state index contributed by atoms with van der Waals surface area (Å²) in [5, 5.41) is 0. The van der Waals surface area contributed by atoms with Crippen LogP contribution >= 0.6 is 0 Å². The zero-order valence-corrected chi connectivity index (χ0v) is 17.4. The molecule has 0 amide bonds. The molecule has 2 fully saturated rings. The Morgan fingerprint density at radius 2 is 1.48 bits per heavy atom. The lowest BCUT2D eigenvalue weighted by molar-refractivity contribution is 0.0499. The van der Waals surface area contributed by atoms with Crippen molar-refractivity contribution in [1.82, 2.24) is 0 Å². The summed E-state index contributed by atoms with van der Waals surface area (Å²) < 4.78 is 5.31. The summed E-state index contributed by atoms with van der Waals surface area (Å²) in [5.74, 6) is 3.46. The standard InChI is InChI=1S/C25H38O2/c1-3-5-18-27-25(26)24-16-14-23(15-17-24)22-12-10-21(11-13-22)20-8-6-19(4-2)7-9-20/h14-17,19-22H,3-13,18H2,1-2H3. The van der Waals surface area contributed by atoms with E-state index in [4.69, 9.17) is 4.74 Å². The van der Waals surface area contributed by atoms with Crippen LogP contribution in [0, 0.1) is 17.8 Å². The van der Waals surface area contributed by atoms with Crippen LogP contribution in [-0.4, -0.2) is 12.6 Å².